The molecule has 1 N–H and O–H groups in total. The van der Waals surface area contributed by atoms with Crippen LogP contribution in [0.5, 0.6) is 11.8 Å². The Labute approximate surface area is 225 Å². The summed E-state index contributed by atoms with van der Waals surface area (Å²) in [5.74, 6) is 0.0607. The smallest absolute Gasteiger partial charge is 0.316 e. The fourth-order valence-electron chi connectivity index (χ4n) is 4.48. The van der Waals surface area contributed by atoms with Gasteiger partial charge in [-0.05, 0) is 31.3 Å². The van der Waals surface area contributed by atoms with Crippen LogP contribution in [0.15, 0.2) is 42.0 Å². The first-order chi connectivity index (χ1) is 18.5. The zero-order chi connectivity index (χ0) is 26.5. The number of hydrogen-bond acceptors (Lipinski definition) is 10. The molecule has 11 nitrogen and oxygen atoms in total. The SMILES string of the molecule is COc1cc(C(=O)N2CCN(C)CC2)ccc1NC(=O)c1csc(N2CCC(Oc3ncccn3)CC2)n1. The van der Waals surface area contributed by atoms with Gasteiger partial charge in [0.05, 0.1) is 12.8 Å². The van der Waals surface area contributed by atoms with E-state index >= 15 is 0 Å². The van der Waals surface area contributed by atoms with E-state index in [9.17, 15) is 9.59 Å². The molecule has 0 aliphatic carbocycles. The summed E-state index contributed by atoms with van der Waals surface area (Å²) in [6, 6.07) is 7.25. The second-order valence-corrected chi connectivity index (χ2v) is 10.2. The molecule has 200 valence electrons. The van der Waals surface area contributed by atoms with Gasteiger partial charge in [0.2, 0.25) is 0 Å². The van der Waals surface area contributed by atoms with E-state index < -0.39 is 0 Å². The summed E-state index contributed by atoms with van der Waals surface area (Å²) in [6.45, 7) is 4.61. The van der Waals surface area contributed by atoms with Crippen LogP contribution in [0.25, 0.3) is 0 Å². The third kappa shape index (κ3) is 6.03. The second kappa shape index (κ2) is 11.7. The van der Waals surface area contributed by atoms with Gasteiger partial charge in [-0.15, -0.1) is 11.3 Å². The zero-order valence-corrected chi connectivity index (χ0v) is 22.3. The number of nitrogens with zero attached hydrogens (tertiary/aromatic N) is 6. The molecule has 3 aromatic rings. The lowest BCUT2D eigenvalue weighted by atomic mass is 10.1. The van der Waals surface area contributed by atoms with Crippen molar-refractivity contribution >= 4 is 34.0 Å². The van der Waals surface area contributed by atoms with Crippen LogP contribution >= 0.6 is 11.3 Å². The quantitative estimate of drug-likeness (QED) is 0.486. The molecule has 4 heterocycles. The first-order valence-electron chi connectivity index (χ1n) is 12.6. The second-order valence-electron chi connectivity index (χ2n) is 9.32. The molecule has 0 unspecified atom stereocenters. The third-order valence-corrected chi connectivity index (χ3v) is 7.64. The molecule has 0 radical (unpaired) electrons. The molecule has 0 bridgehead atoms. The number of nitrogens with one attached hydrogen (secondary N) is 1. The van der Waals surface area contributed by atoms with Crippen LogP contribution in [0.2, 0.25) is 0 Å². The molecule has 38 heavy (non-hydrogen) atoms. The number of benzene rings is 1. The Morgan fingerprint density at radius 3 is 2.50 bits per heavy atom. The molecule has 2 aliphatic heterocycles. The van der Waals surface area contributed by atoms with Crippen molar-refractivity contribution in [3.05, 3.63) is 53.3 Å². The minimum absolute atomic E-state index is 0.0381. The standard InChI is InChI=1S/C26H31N7O4S/c1-31-12-14-32(15-13-31)24(35)18-4-5-20(22(16-18)36-2)29-23(34)21-17-38-26(30-21)33-10-6-19(7-11-33)37-25-27-8-3-9-28-25/h3-5,8-9,16-17,19H,6-7,10-15H2,1-2H3,(H,29,34). The van der Waals surface area contributed by atoms with Crippen molar-refractivity contribution in [3.63, 3.8) is 0 Å². The lowest BCUT2D eigenvalue weighted by molar-refractivity contribution is 0.0663. The Balaban J connectivity index is 1.18. The number of likely N-dealkylation sites (N-methyl/N-ethyl adjacent to an activating group) is 1. The molecular weight excluding hydrogens is 506 g/mol. The maximum absolute atomic E-state index is 13.0. The molecule has 5 rings (SSSR count). The largest absolute Gasteiger partial charge is 0.495 e. The normalized spacial score (nSPS) is 16.8. The monoisotopic (exact) mass is 537 g/mol. The number of ether oxygens (including phenoxy) is 2. The van der Waals surface area contributed by atoms with Crippen molar-refractivity contribution in [3.8, 4) is 11.8 Å². The lowest BCUT2D eigenvalue weighted by Gasteiger charge is -2.32. The molecule has 2 fully saturated rings. The Bertz CT molecular complexity index is 1260. The molecule has 0 saturated carbocycles. The highest BCUT2D eigenvalue weighted by molar-refractivity contribution is 7.14. The van der Waals surface area contributed by atoms with E-state index in [1.54, 1.807) is 42.0 Å². The average Bonchev–Trinajstić information content (AvgIpc) is 3.45. The van der Waals surface area contributed by atoms with Gasteiger partial charge in [0.25, 0.3) is 11.8 Å². The molecule has 0 atom stereocenters. The Morgan fingerprint density at radius 2 is 1.79 bits per heavy atom. The maximum Gasteiger partial charge on any atom is 0.316 e. The number of thiazole rings is 1. The number of rotatable bonds is 7. The highest BCUT2D eigenvalue weighted by Gasteiger charge is 2.25. The van der Waals surface area contributed by atoms with E-state index in [-0.39, 0.29) is 17.9 Å². The molecular formula is C26H31N7O4S. The van der Waals surface area contributed by atoms with Gasteiger partial charge in [0.15, 0.2) is 5.13 Å². The minimum Gasteiger partial charge on any atom is -0.495 e. The molecule has 0 spiro atoms. The highest BCUT2D eigenvalue weighted by atomic mass is 32.1. The third-order valence-electron chi connectivity index (χ3n) is 6.74. The number of piperidine rings is 1. The van der Waals surface area contributed by atoms with Crippen molar-refractivity contribution in [2.75, 3.05) is 63.6 Å². The Hall–Kier alpha value is -3.77. The van der Waals surface area contributed by atoms with Gasteiger partial charge in [-0.1, -0.05) is 0 Å². The summed E-state index contributed by atoms with van der Waals surface area (Å²) >= 11 is 1.44. The fraction of sp³-hybridized carbons (Fsp3) is 0.423. The highest BCUT2D eigenvalue weighted by Crippen LogP contribution is 2.29. The first-order valence-corrected chi connectivity index (χ1v) is 13.5. The van der Waals surface area contributed by atoms with Crippen molar-refractivity contribution in [1.82, 2.24) is 24.8 Å². The number of anilines is 2. The zero-order valence-electron chi connectivity index (χ0n) is 21.5. The van der Waals surface area contributed by atoms with Crippen molar-refractivity contribution in [1.29, 1.82) is 0 Å². The van der Waals surface area contributed by atoms with Crippen molar-refractivity contribution in [2.24, 2.45) is 0 Å². The Kier molecular flexibility index (Phi) is 7.99. The van der Waals surface area contributed by atoms with Gasteiger partial charge in [-0.25, -0.2) is 15.0 Å². The van der Waals surface area contributed by atoms with Gasteiger partial charge in [-0.3, -0.25) is 9.59 Å². The van der Waals surface area contributed by atoms with E-state index in [1.165, 1.54) is 18.4 Å². The predicted molar refractivity (Wildman–Crippen MR) is 144 cm³/mol. The van der Waals surface area contributed by atoms with Crippen LogP contribution in [-0.4, -0.2) is 96.1 Å². The molecule has 2 amide bonds. The molecule has 2 aliphatic rings. The van der Waals surface area contributed by atoms with Crippen LogP contribution < -0.4 is 19.7 Å². The number of methoxy groups -OCH3 is 1. The summed E-state index contributed by atoms with van der Waals surface area (Å²) in [7, 11) is 3.57. The number of piperazine rings is 1. The summed E-state index contributed by atoms with van der Waals surface area (Å²) in [6.07, 6.45) is 5.01. The van der Waals surface area contributed by atoms with E-state index in [2.05, 4.69) is 30.1 Å². The van der Waals surface area contributed by atoms with Crippen LogP contribution in [0, 0.1) is 0 Å². The molecule has 2 aromatic heterocycles. The molecule has 2 saturated heterocycles. The fourth-order valence-corrected chi connectivity index (χ4v) is 5.34. The summed E-state index contributed by atoms with van der Waals surface area (Å²) in [4.78, 5) is 44.9. The number of amides is 2. The summed E-state index contributed by atoms with van der Waals surface area (Å²) in [5, 5.41) is 5.42. The van der Waals surface area contributed by atoms with E-state index in [0.29, 0.717) is 41.8 Å². The number of carbonyl (C=O) groups is 2. The van der Waals surface area contributed by atoms with E-state index in [4.69, 9.17) is 9.47 Å². The van der Waals surface area contributed by atoms with Crippen LogP contribution in [0.3, 0.4) is 0 Å². The van der Waals surface area contributed by atoms with Crippen LogP contribution in [0.1, 0.15) is 33.7 Å². The van der Waals surface area contributed by atoms with Crippen LogP contribution in [-0.2, 0) is 0 Å². The number of aromatic nitrogens is 3. The van der Waals surface area contributed by atoms with Gasteiger partial charge >= 0.3 is 6.01 Å². The van der Waals surface area contributed by atoms with E-state index in [1.807, 2.05) is 11.9 Å². The summed E-state index contributed by atoms with van der Waals surface area (Å²) < 4.78 is 11.4. The number of hydrogen-bond donors (Lipinski definition) is 1. The lowest BCUT2D eigenvalue weighted by Crippen LogP contribution is -2.47. The van der Waals surface area contributed by atoms with Crippen molar-refractivity contribution in [2.45, 2.75) is 18.9 Å². The molecule has 12 heteroatoms. The van der Waals surface area contributed by atoms with Gasteiger partial charge in [0, 0.05) is 75.4 Å². The molecule has 1 aromatic carbocycles. The van der Waals surface area contributed by atoms with Gasteiger partial charge in [-0.2, -0.15) is 0 Å². The van der Waals surface area contributed by atoms with Gasteiger partial charge < -0.3 is 29.5 Å². The minimum atomic E-state index is -0.330. The maximum atomic E-state index is 13.0. The number of carbonyl (C=O) groups excluding carboxylic acids is 2. The average molecular weight is 538 g/mol. The van der Waals surface area contributed by atoms with Crippen molar-refractivity contribution < 1.29 is 19.1 Å². The summed E-state index contributed by atoms with van der Waals surface area (Å²) in [5.41, 5.74) is 1.36. The van der Waals surface area contributed by atoms with Gasteiger partial charge in [0.1, 0.15) is 17.5 Å². The Morgan fingerprint density at radius 1 is 1.05 bits per heavy atom. The topological polar surface area (TPSA) is 113 Å². The predicted octanol–water partition coefficient (Wildman–Crippen LogP) is 2.63. The van der Waals surface area contributed by atoms with Crippen LogP contribution in [0.4, 0.5) is 10.8 Å². The van der Waals surface area contributed by atoms with E-state index in [0.717, 1.165) is 44.2 Å². The first kappa shape index (κ1) is 25.9.